The number of nitrogens with zero attached hydrogens (tertiary/aromatic N) is 4. The van der Waals surface area contributed by atoms with Crippen molar-refractivity contribution < 1.29 is 4.79 Å². The molecule has 0 atom stereocenters. The van der Waals surface area contributed by atoms with Crippen LogP contribution in [0.5, 0.6) is 0 Å². The van der Waals surface area contributed by atoms with Crippen LogP contribution in [-0.4, -0.2) is 38.6 Å². The van der Waals surface area contributed by atoms with Gasteiger partial charge >= 0.3 is 0 Å². The van der Waals surface area contributed by atoms with E-state index in [9.17, 15) is 4.79 Å². The maximum absolute atomic E-state index is 13.2. The maximum Gasteiger partial charge on any atom is 0.252 e. The molecule has 8 nitrogen and oxygen atoms in total. The van der Waals surface area contributed by atoms with Crippen LogP contribution in [0.4, 0.5) is 17.1 Å². The summed E-state index contributed by atoms with van der Waals surface area (Å²) in [5.74, 6) is -0.0359. The van der Waals surface area contributed by atoms with Crippen LogP contribution in [0.3, 0.4) is 0 Å². The summed E-state index contributed by atoms with van der Waals surface area (Å²) in [5, 5.41) is 18.2. The summed E-state index contributed by atoms with van der Waals surface area (Å²) >= 11 is 0. The van der Waals surface area contributed by atoms with Gasteiger partial charge in [-0.1, -0.05) is 6.07 Å². The van der Waals surface area contributed by atoms with Crippen LogP contribution in [0.1, 0.15) is 12.8 Å². The molecule has 3 heterocycles. The van der Waals surface area contributed by atoms with Crippen LogP contribution in [0.2, 0.25) is 0 Å². The van der Waals surface area contributed by atoms with Gasteiger partial charge in [0.1, 0.15) is 5.54 Å². The smallest absolute Gasteiger partial charge is 0.252 e. The molecule has 1 fully saturated rings. The Bertz CT molecular complexity index is 916. The van der Waals surface area contributed by atoms with Crippen molar-refractivity contribution in [2.75, 3.05) is 23.7 Å². The van der Waals surface area contributed by atoms with E-state index >= 15 is 0 Å². The first-order valence-electron chi connectivity index (χ1n) is 9.04. The molecule has 1 aromatic carbocycles. The number of hydrogen-bond donors (Lipinski definition) is 3. The van der Waals surface area contributed by atoms with Crippen LogP contribution >= 0.6 is 12.4 Å². The molecule has 0 unspecified atom stereocenters. The standard InChI is InChI=1S/C19H23N7O.ClH/c1-25-14-17(13-22-25)23-15-4-2-5-16(12-15)24-18(27)19(6-9-20-10-7-19)26-11-3-8-21-26;/h2-5,8,11-14,20,23H,6-7,9-10H2,1H3,(H,24,27);1H. The Morgan fingerprint density at radius 2 is 1.93 bits per heavy atom. The second-order valence-corrected chi connectivity index (χ2v) is 6.79. The molecule has 28 heavy (non-hydrogen) atoms. The average Bonchev–Trinajstić information content (AvgIpc) is 3.35. The maximum atomic E-state index is 13.2. The molecule has 1 aliphatic rings. The molecular weight excluding hydrogens is 378 g/mol. The second-order valence-electron chi connectivity index (χ2n) is 6.79. The number of piperidine rings is 1. The number of benzene rings is 1. The number of carbonyl (C=O) groups excluding carboxylic acids is 1. The second kappa shape index (κ2) is 8.45. The van der Waals surface area contributed by atoms with Gasteiger partial charge in [0.25, 0.3) is 5.91 Å². The SMILES string of the molecule is Cl.Cn1cc(Nc2cccc(NC(=O)C3(n4cccn4)CCNCC3)c2)cn1. The predicted molar refractivity (Wildman–Crippen MR) is 111 cm³/mol. The number of aromatic nitrogens is 4. The Labute approximate surface area is 169 Å². The van der Waals surface area contributed by atoms with Crippen LogP contribution < -0.4 is 16.0 Å². The van der Waals surface area contributed by atoms with E-state index in [1.54, 1.807) is 21.8 Å². The quantitative estimate of drug-likeness (QED) is 0.611. The van der Waals surface area contributed by atoms with Crippen molar-refractivity contribution in [3.8, 4) is 0 Å². The molecule has 1 saturated heterocycles. The lowest BCUT2D eigenvalue weighted by molar-refractivity contribution is -0.126. The number of aryl methyl sites for hydroxylation is 1. The lowest BCUT2D eigenvalue weighted by Crippen LogP contribution is -2.52. The van der Waals surface area contributed by atoms with Gasteiger partial charge in [0.15, 0.2) is 0 Å². The number of halogens is 1. The first-order chi connectivity index (χ1) is 13.2. The molecule has 0 saturated carbocycles. The zero-order valence-corrected chi connectivity index (χ0v) is 16.4. The fraction of sp³-hybridized carbons (Fsp3) is 0.316. The molecule has 2 aromatic heterocycles. The molecular formula is C19H24ClN7O. The van der Waals surface area contributed by atoms with Gasteiger partial charge in [-0.25, -0.2) is 0 Å². The number of hydrogen-bond acceptors (Lipinski definition) is 5. The van der Waals surface area contributed by atoms with Gasteiger partial charge in [-0.05, 0) is 50.2 Å². The van der Waals surface area contributed by atoms with Crippen LogP contribution in [0.25, 0.3) is 0 Å². The van der Waals surface area contributed by atoms with Crippen LogP contribution in [0.15, 0.2) is 55.1 Å². The summed E-state index contributed by atoms with van der Waals surface area (Å²) in [5.41, 5.74) is 1.87. The van der Waals surface area contributed by atoms with Crippen molar-refractivity contribution in [3.63, 3.8) is 0 Å². The molecule has 3 N–H and O–H groups in total. The summed E-state index contributed by atoms with van der Waals surface area (Å²) in [7, 11) is 1.87. The summed E-state index contributed by atoms with van der Waals surface area (Å²) in [4.78, 5) is 13.2. The van der Waals surface area contributed by atoms with E-state index in [2.05, 4.69) is 26.1 Å². The predicted octanol–water partition coefficient (Wildman–Crippen LogP) is 2.50. The van der Waals surface area contributed by atoms with Gasteiger partial charge in [-0.2, -0.15) is 10.2 Å². The van der Waals surface area contributed by atoms with Crippen molar-refractivity contribution in [2.24, 2.45) is 7.05 Å². The van der Waals surface area contributed by atoms with E-state index < -0.39 is 5.54 Å². The van der Waals surface area contributed by atoms with Gasteiger partial charge in [-0.3, -0.25) is 14.2 Å². The highest BCUT2D eigenvalue weighted by Crippen LogP contribution is 2.29. The Morgan fingerprint density at radius 1 is 1.14 bits per heavy atom. The van der Waals surface area contributed by atoms with Crippen molar-refractivity contribution in [3.05, 3.63) is 55.1 Å². The van der Waals surface area contributed by atoms with Gasteiger partial charge < -0.3 is 16.0 Å². The summed E-state index contributed by atoms with van der Waals surface area (Å²) in [6, 6.07) is 9.54. The molecule has 148 valence electrons. The highest BCUT2D eigenvalue weighted by Gasteiger charge is 2.42. The molecule has 0 bridgehead atoms. The Hall–Kier alpha value is -2.84. The Morgan fingerprint density at radius 3 is 2.61 bits per heavy atom. The summed E-state index contributed by atoms with van der Waals surface area (Å²) in [6.45, 7) is 1.58. The van der Waals surface area contributed by atoms with E-state index in [1.807, 2.05) is 49.8 Å². The van der Waals surface area contributed by atoms with Gasteiger partial charge in [0.05, 0.1) is 11.9 Å². The molecule has 0 aliphatic carbocycles. The molecule has 0 radical (unpaired) electrons. The third-order valence-corrected chi connectivity index (χ3v) is 4.91. The molecule has 1 amide bonds. The van der Waals surface area contributed by atoms with Crippen LogP contribution in [0, 0.1) is 0 Å². The van der Waals surface area contributed by atoms with E-state index in [4.69, 9.17) is 0 Å². The summed E-state index contributed by atoms with van der Waals surface area (Å²) in [6.07, 6.45) is 8.64. The summed E-state index contributed by atoms with van der Waals surface area (Å²) < 4.78 is 3.53. The lowest BCUT2D eigenvalue weighted by atomic mass is 9.87. The molecule has 4 rings (SSSR count). The van der Waals surface area contributed by atoms with Crippen molar-refractivity contribution >= 4 is 35.4 Å². The van der Waals surface area contributed by atoms with E-state index in [1.165, 1.54) is 0 Å². The minimum absolute atomic E-state index is 0. The number of carbonyl (C=O) groups is 1. The van der Waals surface area contributed by atoms with Crippen molar-refractivity contribution in [1.29, 1.82) is 0 Å². The molecule has 0 spiro atoms. The lowest BCUT2D eigenvalue weighted by Gasteiger charge is -2.36. The van der Waals surface area contributed by atoms with E-state index in [0.29, 0.717) is 12.8 Å². The fourth-order valence-corrected chi connectivity index (χ4v) is 3.50. The minimum Gasteiger partial charge on any atom is -0.353 e. The first-order valence-corrected chi connectivity index (χ1v) is 9.04. The van der Waals surface area contributed by atoms with E-state index in [-0.39, 0.29) is 18.3 Å². The molecule has 9 heteroatoms. The number of anilines is 3. The molecule has 3 aromatic rings. The Balaban J connectivity index is 0.00000225. The highest BCUT2D eigenvalue weighted by molar-refractivity contribution is 5.97. The molecule has 1 aliphatic heterocycles. The normalized spacial score (nSPS) is 15.5. The zero-order chi connectivity index (χ0) is 18.7. The minimum atomic E-state index is -0.665. The van der Waals surface area contributed by atoms with Crippen molar-refractivity contribution in [2.45, 2.75) is 18.4 Å². The average molecular weight is 402 g/mol. The van der Waals surface area contributed by atoms with Crippen LogP contribution in [-0.2, 0) is 17.4 Å². The number of rotatable bonds is 5. The van der Waals surface area contributed by atoms with Gasteiger partial charge in [0, 0.05) is 37.0 Å². The monoisotopic (exact) mass is 401 g/mol. The van der Waals surface area contributed by atoms with E-state index in [0.717, 1.165) is 30.2 Å². The largest absolute Gasteiger partial charge is 0.353 e. The third kappa shape index (κ3) is 4.02. The van der Waals surface area contributed by atoms with Crippen molar-refractivity contribution in [1.82, 2.24) is 24.9 Å². The zero-order valence-electron chi connectivity index (χ0n) is 15.6. The Kier molecular flexibility index (Phi) is 6.01. The fourth-order valence-electron chi connectivity index (χ4n) is 3.50. The number of amides is 1. The number of nitrogens with one attached hydrogen (secondary N) is 3. The first kappa shape index (κ1) is 19.9. The highest BCUT2D eigenvalue weighted by atomic mass is 35.5. The topological polar surface area (TPSA) is 88.8 Å². The van der Waals surface area contributed by atoms with Gasteiger partial charge in [0.2, 0.25) is 0 Å². The van der Waals surface area contributed by atoms with Gasteiger partial charge in [-0.15, -0.1) is 12.4 Å². The third-order valence-electron chi connectivity index (χ3n) is 4.91.